The lowest BCUT2D eigenvalue weighted by molar-refractivity contribution is -0.118. The van der Waals surface area contributed by atoms with Gasteiger partial charge in [0.15, 0.2) is 0 Å². The first-order valence-electron chi connectivity index (χ1n) is 8.45. The first kappa shape index (κ1) is 17.6. The zero-order valence-electron chi connectivity index (χ0n) is 14.6. The van der Waals surface area contributed by atoms with Crippen molar-refractivity contribution in [3.63, 3.8) is 0 Å². The maximum absolute atomic E-state index is 13.9. The summed E-state index contributed by atoms with van der Waals surface area (Å²) in [4.78, 5) is 17.6. The van der Waals surface area contributed by atoms with Crippen LogP contribution in [0.5, 0.6) is 0 Å². The number of pyridine rings is 1. The molecule has 0 saturated carbocycles. The molecule has 3 aromatic rings. The van der Waals surface area contributed by atoms with E-state index < -0.39 is 5.82 Å². The van der Waals surface area contributed by atoms with Gasteiger partial charge in [-0.1, -0.05) is 11.6 Å². The number of nitrogens with one attached hydrogen (secondary N) is 1. The van der Waals surface area contributed by atoms with Crippen molar-refractivity contribution in [2.24, 2.45) is 0 Å². The van der Waals surface area contributed by atoms with Crippen LogP contribution in [0, 0.1) is 12.7 Å². The molecule has 1 fully saturated rings. The molecular weight excluding hydrogens is 369 g/mol. The number of carbonyl (C=O) groups excluding carboxylic acids is 1. The number of hydrogen-bond acceptors (Lipinski definition) is 4. The molecule has 1 saturated heterocycles. The van der Waals surface area contributed by atoms with Crippen LogP contribution in [0.15, 0.2) is 42.6 Å². The van der Waals surface area contributed by atoms with Crippen LogP contribution < -0.4 is 5.32 Å². The highest BCUT2D eigenvalue weighted by atomic mass is 35.5. The van der Waals surface area contributed by atoms with Crippen molar-refractivity contribution in [1.29, 1.82) is 0 Å². The van der Waals surface area contributed by atoms with Gasteiger partial charge < -0.3 is 5.32 Å². The number of nitrogens with zero attached hydrogens (tertiary/aromatic N) is 4. The van der Waals surface area contributed by atoms with Gasteiger partial charge in [0, 0.05) is 29.0 Å². The number of carbonyl (C=O) groups is 1. The van der Waals surface area contributed by atoms with Crippen molar-refractivity contribution in [3.05, 3.63) is 64.8 Å². The first-order valence-corrected chi connectivity index (χ1v) is 8.83. The highest BCUT2D eigenvalue weighted by Gasteiger charge is 2.21. The van der Waals surface area contributed by atoms with Crippen LogP contribution >= 0.6 is 11.6 Å². The third-order valence-corrected chi connectivity index (χ3v) is 4.51. The number of aromatic nitrogens is 3. The first-order chi connectivity index (χ1) is 13.0. The van der Waals surface area contributed by atoms with E-state index in [1.807, 2.05) is 30.0 Å². The van der Waals surface area contributed by atoms with E-state index in [0.29, 0.717) is 30.3 Å². The fraction of sp³-hybridized carbons (Fsp3) is 0.211. The number of rotatable bonds is 4. The maximum Gasteiger partial charge on any atom is 0.235 e. The molecule has 8 heteroatoms. The summed E-state index contributed by atoms with van der Waals surface area (Å²) in [5, 5.41) is 7.78. The summed E-state index contributed by atoms with van der Waals surface area (Å²) in [6.45, 7) is 3.23. The van der Waals surface area contributed by atoms with Crippen LogP contribution in [0.2, 0.25) is 5.02 Å². The fourth-order valence-electron chi connectivity index (χ4n) is 3.13. The van der Waals surface area contributed by atoms with Gasteiger partial charge in [-0.15, -0.1) is 0 Å². The maximum atomic E-state index is 13.9. The molecule has 1 aliphatic rings. The molecule has 0 atom stereocenters. The molecule has 3 heterocycles. The summed E-state index contributed by atoms with van der Waals surface area (Å²) in [5.74, 6) is -0.414. The van der Waals surface area contributed by atoms with E-state index in [4.69, 9.17) is 11.6 Å². The van der Waals surface area contributed by atoms with E-state index in [0.717, 1.165) is 22.8 Å². The SMILES string of the molecule is Cc1cc(-n2nc(CN3CNC(=O)C3)cc2-c2cc(F)cc(Cl)c2)ccn1. The van der Waals surface area contributed by atoms with Gasteiger partial charge in [0.05, 0.1) is 30.3 Å². The normalized spacial score (nSPS) is 14.6. The van der Waals surface area contributed by atoms with Crippen molar-refractivity contribution in [2.75, 3.05) is 13.2 Å². The molecule has 1 amide bonds. The molecule has 0 aliphatic carbocycles. The molecule has 6 nitrogen and oxygen atoms in total. The minimum atomic E-state index is -0.410. The van der Waals surface area contributed by atoms with E-state index in [1.54, 1.807) is 16.9 Å². The number of aryl methyl sites for hydroxylation is 1. The van der Waals surface area contributed by atoms with E-state index >= 15 is 0 Å². The molecule has 0 unspecified atom stereocenters. The molecule has 0 spiro atoms. The van der Waals surface area contributed by atoms with Crippen LogP contribution in [-0.2, 0) is 11.3 Å². The second-order valence-electron chi connectivity index (χ2n) is 6.49. The zero-order valence-corrected chi connectivity index (χ0v) is 15.4. The Labute approximate surface area is 160 Å². The van der Waals surface area contributed by atoms with Gasteiger partial charge in [-0.25, -0.2) is 9.07 Å². The molecule has 138 valence electrons. The summed E-state index contributed by atoms with van der Waals surface area (Å²) in [5.41, 5.74) is 3.79. The lowest BCUT2D eigenvalue weighted by Gasteiger charge is -2.10. The molecular formula is C19H17ClFN5O. The van der Waals surface area contributed by atoms with Gasteiger partial charge in [0.25, 0.3) is 0 Å². The summed E-state index contributed by atoms with van der Waals surface area (Å²) in [6, 6.07) is 10.0. The standard InChI is InChI=1S/C19H17ClFN5O/c1-12-4-17(2-3-22-12)26-18(13-5-14(20)7-15(21)6-13)8-16(24-26)9-25-10-19(27)23-11-25/h2-8H,9-11H2,1H3,(H,23,27). The molecule has 0 radical (unpaired) electrons. The molecule has 1 N–H and O–H groups in total. The van der Waals surface area contributed by atoms with Gasteiger partial charge in [-0.05, 0) is 43.3 Å². The van der Waals surface area contributed by atoms with Crippen molar-refractivity contribution in [3.8, 4) is 16.9 Å². The Bertz CT molecular complexity index is 999. The summed E-state index contributed by atoms with van der Waals surface area (Å²) in [7, 11) is 0. The van der Waals surface area contributed by atoms with E-state index in [-0.39, 0.29) is 5.91 Å². The van der Waals surface area contributed by atoms with E-state index in [9.17, 15) is 9.18 Å². The van der Waals surface area contributed by atoms with Gasteiger partial charge in [0.1, 0.15) is 5.82 Å². The molecule has 1 aliphatic heterocycles. The molecule has 1 aromatic carbocycles. The van der Waals surface area contributed by atoms with Crippen LogP contribution in [0.1, 0.15) is 11.4 Å². The predicted molar refractivity (Wildman–Crippen MR) is 99.9 cm³/mol. The predicted octanol–water partition coefficient (Wildman–Crippen LogP) is 2.92. The Morgan fingerprint density at radius 3 is 2.81 bits per heavy atom. The second kappa shape index (κ2) is 7.09. The average Bonchev–Trinajstić information content (AvgIpc) is 3.21. The summed E-state index contributed by atoms with van der Waals surface area (Å²) in [6.07, 6.45) is 1.71. The largest absolute Gasteiger partial charge is 0.342 e. The van der Waals surface area contributed by atoms with Crippen molar-refractivity contribution in [1.82, 2.24) is 25.0 Å². The van der Waals surface area contributed by atoms with Crippen LogP contribution in [0.3, 0.4) is 0 Å². The minimum absolute atomic E-state index is 0.00340. The second-order valence-corrected chi connectivity index (χ2v) is 6.93. The third kappa shape index (κ3) is 3.84. The van der Waals surface area contributed by atoms with E-state index in [2.05, 4.69) is 15.4 Å². The molecule has 2 aromatic heterocycles. The zero-order chi connectivity index (χ0) is 19.0. The number of amides is 1. The molecule has 27 heavy (non-hydrogen) atoms. The number of benzene rings is 1. The Hall–Kier alpha value is -2.77. The quantitative estimate of drug-likeness (QED) is 0.750. The Morgan fingerprint density at radius 2 is 2.11 bits per heavy atom. The van der Waals surface area contributed by atoms with Crippen molar-refractivity contribution >= 4 is 17.5 Å². The van der Waals surface area contributed by atoms with E-state index in [1.165, 1.54) is 12.1 Å². The Balaban J connectivity index is 1.78. The third-order valence-electron chi connectivity index (χ3n) is 4.30. The topological polar surface area (TPSA) is 63.1 Å². The monoisotopic (exact) mass is 385 g/mol. The van der Waals surface area contributed by atoms with Gasteiger partial charge in [-0.3, -0.25) is 14.7 Å². The van der Waals surface area contributed by atoms with Gasteiger partial charge in [-0.2, -0.15) is 5.10 Å². The lowest BCUT2D eigenvalue weighted by atomic mass is 10.1. The Morgan fingerprint density at radius 1 is 1.26 bits per heavy atom. The summed E-state index contributed by atoms with van der Waals surface area (Å²) < 4.78 is 15.7. The van der Waals surface area contributed by atoms with Gasteiger partial charge in [0.2, 0.25) is 5.91 Å². The highest BCUT2D eigenvalue weighted by Crippen LogP contribution is 2.28. The van der Waals surface area contributed by atoms with Gasteiger partial charge >= 0.3 is 0 Å². The summed E-state index contributed by atoms with van der Waals surface area (Å²) >= 11 is 6.05. The number of halogens is 2. The molecule has 0 bridgehead atoms. The van der Waals surface area contributed by atoms with Crippen LogP contribution in [0.25, 0.3) is 16.9 Å². The fourth-order valence-corrected chi connectivity index (χ4v) is 3.35. The highest BCUT2D eigenvalue weighted by molar-refractivity contribution is 6.30. The molecule has 4 rings (SSSR count). The number of hydrogen-bond donors (Lipinski definition) is 1. The minimum Gasteiger partial charge on any atom is -0.342 e. The van der Waals surface area contributed by atoms with Crippen LogP contribution in [0.4, 0.5) is 4.39 Å². The van der Waals surface area contributed by atoms with Crippen LogP contribution in [-0.4, -0.2) is 38.8 Å². The van der Waals surface area contributed by atoms with Crippen molar-refractivity contribution < 1.29 is 9.18 Å². The lowest BCUT2D eigenvalue weighted by Crippen LogP contribution is -2.21. The average molecular weight is 386 g/mol. The Kier molecular flexibility index (Phi) is 4.63. The van der Waals surface area contributed by atoms with Crippen molar-refractivity contribution in [2.45, 2.75) is 13.5 Å². The smallest absolute Gasteiger partial charge is 0.235 e.